The van der Waals surface area contributed by atoms with Gasteiger partial charge in [0.15, 0.2) is 0 Å². The third kappa shape index (κ3) is 11.9. The molecular formula is C14H16Cl2Zr. The fraction of sp³-hybridized carbons (Fsp3) is 0. The molecule has 17 heavy (non-hydrogen) atoms. The van der Waals surface area contributed by atoms with E-state index in [2.05, 4.69) is 13.8 Å². The van der Waals surface area contributed by atoms with E-state index in [1.807, 2.05) is 60.7 Å². The number of halogens is 2. The first-order valence-corrected chi connectivity index (χ1v) is 4.53. The van der Waals surface area contributed by atoms with Crippen LogP contribution in [0.4, 0.5) is 0 Å². The molecule has 0 heterocycles. The number of hydrogen-bond donors (Lipinski definition) is 0. The normalized spacial score (nSPS) is 7.06. The first-order valence-electron chi connectivity index (χ1n) is 4.53. The van der Waals surface area contributed by atoms with Crippen LogP contribution in [-0.2, 0) is 26.2 Å². The van der Waals surface area contributed by atoms with Crippen LogP contribution in [0.25, 0.3) is 0 Å². The second-order valence-electron chi connectivity index (χ2n) is 2.97. The summed E-state index contributed by atoms with van der Waals surface area (Å²) in [5.74, 6) is 0. The molecule has 0 saturated heterocycles. The number of hydrogen-bond acceptors (Lipinski definition) is 0. The minimum atomic E-state index is 0. The van der Waals surface area contributed by atoms with Crippen LogP contribution in [0.2, 0.25) is 0 Å². The Balaban J connectivity index is -0.000000196. The molecule has 0 fully saturated rings. The van der Waals surface area contributed by atoms with Crippen molar-refractivity contribution in [1.29, 1.82) is 0 Å². The Morgan fingerprint density at radius 3 is 0.882 bits per heavy atom. The summed E-state index contributed by atoms with van der Waals surface area (Å²) in [5.41, 5.74) is 2.14. The average molecular weight is 346 g/mol. The van der Waals surface area contributed by atoms with Crippen LogP contribution in [0.15, 0.2) is 60.7 Å². The third-order valence-corrected chi connectivity index (χ3v) is 1.69. The fourth-order valence-electron chi connectivity index (χ4n) is 0.956. The van der Waals surface area contributed by atoms with Crippen LogP contribution in [0, 0.1) is 13.8 Å². The number of benzene rings is 2. The van der Waals surface area contributed by atoms with E-state index < -0.39 is 0 Å². The van der Waals surface area contributed by atoms with Crippen molar-refractivity contribution in [1.82, 2.24) is 0 Å². The number of rotatable bonds is 0. The largest absolute Gasteiger partial charge is 2.00 e. The van der Waals surface area contributed by atoms with Gasteiger partial charge in [0.05, 0.1) is 0 Å². The Morgan fingerprint density at radius 1 is 0.529 bits per heavy atom. The van der Waals surface area contributed by atoms with E-state index in [0.717, 1.165) is 11.1 Å². The summed E-state index contributed by atoms with van der Waals surface area (Å²) in [6, 6.07) is 19.7. The molecule has 2 aromatic rings. The molecule has 2 aromatic carbocycles. The van der Waals surface area contributed by atoms with Gasteiger partial charge in [0, 0.05) is 0 Å². The Labute approximate surface area is 136 Å². The van der Waals surface area contributed by atoms with Gasteiger partial charge >= 0.3 is 26.2 Å². The van der Waals surface area contributed by atoms with Crippen molar-refractivity contribution in [3.63, 3.8) is 0 Å². The van der Waals surface area contributed by atoms with Crippen molar-refractivity contribution in [2.75, 3.05) is 0 Å². The SMILES string of the molecule is Cl.Cl.[CH2-]c1ccccc1.[CH2-]c1ccccc1.[Zr+2]. The van der Waals surface area contributed by atoms with E-state index >= 15 is 0 Å². The summed E-state index contributed by atoms with van der Waals surface area (Å²) >= 11 is 0. The molecule has 0 aliphatic heterocycles. The molecule has 0 amide bonds. The van der Waals surface area contributed by atoms with Crippen molar-refractivity contribution in [2.24, 2.45) is 0 Å². The first-order chi connectivity index (χ1) is 6.79. The maximum absolute atomic E-state index is 3.72. The summed E-state index contributed by atoms with van der Waals surface area (Å²) in [6.45, 7) is 7.44. The van der Waals surface area contributed by atoms with E-state index in [1.165, 1.54) is 0 Å². The molecule has 3 heteroatoms. The third-order valence-electron chi connectivity index (χ3n) is 1.69. The van der Waals surface area contributed by atoms with Crippen molar-refractivity contribution in [2.45, 2.75) is 0 Å². The summed E-state index contributed by atoms with van der Waals surface area (Å²) in [5, 5.41) is 0. The first kappa shape index (κ1) is 21.9. The minimum absolute atomic E-state index is 0. The van der Waals surface area contributed by atoms with E-state index in [9.17, 15) is 0 Å². The summed E-state index contributed by atoms with van der Waals surface area (Å²) in [7, 11) is 0. The van der Waals surface area contributed by atoms with Crippen LogP contribution >= 0.6 is 24.8 Å². The summed E-state index contributed by atoms with van der Waals surface area (Å²) in [6.07, 6.45) is 0. The van der Waals surface area contributed by atoms with Crippen molar-refractivity contribution >= 4 is 24.8 Å². The molecule has 0 saturated carbocycles. The van der Waals surface area contributed by atoms with Gasteiger partial charge in [0.25, 0.3) is 0 Å². The van der Waals surface area contributed by atoms with E-state index in [0.29, 0.717) is 0 Å². The molecule has 0 nitrogen and oxygen atoms in total. The van der Waals surface area contributed by atoms with E-state index in [1.54, 1.807) is 0 Å². The Hall–Kier alpha value is -0.357. The zero-order valence-corrected chi connectivity index (χ0v) is 13.6. The zero-order chi connectivity index (χ0) is 10.2. The van der Waals surface area contributed by atoms with Gasteiger partial charge in [-0.25, -0.2) is 0 Å². The smallest absolute Gasteiger partial charge is 0.199 e. The van der Waals surface area contributed by atoms with Gasteiger partial charge in [0.1, 0.15) is 0 Å². The predicted molar refractivity (Wildman–Crippen MR) is 76.3 cm³/mol. The van der Waals surface area contributed by atoms with E-state index in [-0.39, 0.29) is 51.0 Å². The van der Waals surface area contributed by atoms with Crippen molar-refractivity contribution in [3.05, 3.63) is 85.6 Å². The molecule has 0 atom stereocenters. The summed E-state index contributed by atoms with van der Waals surface area (Å²) in [4.78, 5) is 0. The van der Waals surface area contributed by atoms with Gasteiger partial charge in [-0.15, -0.1) is 49.1 Å². The standard InChI is InChI=1S/2C7H7.2ClH.Zr/c2*1-7-5-3-2-4-6-7;;;/h2*2-6H,1H2;2*1H;/q2*-1;;;+2. The molecule has 0 unspecified atom stereocenters. The molecule has 0 bridgehead atoms. The van der Waals surface area contributed by atoms with Crippen LogP contribution in [0.1, 0.15) is 11.1 Å². The summed E-state index contributed by atoms with van der Waals surface area (Å²) < 4.78 is 0. The Morgan fingerprint density at radius 2 is 0.765 bits per heavy atom. The fourth-order valence-corrected chi connectivity index (χ4v) is 0.956. The quantitative estimate of drug-likeness (QED) is 0.613. The molecule has 0 spiro atoms. The van der Waals surface area contributed by atoms with Gasteiger partial charge in [-0.05, 0) is 0 Å². The monoisotopic (exact) mass is 344 g/mol. The van der Waals surface area contributed by atoms with E-state index in [4.69, 9.17) is 0 Å². The molecule has 0 N–H and O–H groups in total. The molecule has 2 rings (SSSR count). The van der Waals surface area contributed by atoms with Gasteiger partial charge < -0.3 is 0 Å². The van der Waals surface area contributed by atoms with Crippen LogP contribution < -0.4 is 0 Å². The van der Waals surface area contributed by atoms with Gasteiger partial charge in [-0.3, -0.25) is 0 Å². The molecule has 0 aliphatic carbocycles. The van der Waals surface area contributed by atoms with Crippen LogP contribution in [0.3, 0.4) is 0 Å². The van der Waals surface area contributed by atoms with Gasteiger partial charge in [0.2, 0.25) is 0 Å². The van der Waals surface area contributed by atoms with Gasteiger partial charge in [-0.2, -0.15) is 49.2 Å². The second-order valence-corrected chi connectivity index (χ2v) is 2.97. The molecule has 0 aromatic heterocycles. The van der Waals surface area contributed by atoms with Crippen molar-refractivity contribution < 1.29 is 26.2 Å². The maximum Gasteiger partial charge on any atom is 2.00 e. The Kier molecular flexibility index (Phi) is 17.6. The van der Waals surface area contributed by atoms with Crippen LogP contribution in [0.5, 0.6) is 0 Å². The van der Waals surface area contributed by atoms with Crippen molar-refractivity contribution in [3.8, 4) is 0 Å². The maximum atomic E-state index is 3.72. The van der Waals surface area contributed by atoms with Gasteiger partial charge in [-0.1, -0.05) is 12.1 Å². The molecule has 90 valence electrons. The minimum Gasteiger partial charge on any atom is -0.199 e. The predicted octanol–water partition coefficient (Wildman–Crippen LogP) is 4.58. The van der Waals surface area contributed by atoms with Crippen LogP contribution in [-0.4, -0.2) is 0 Å². The Bertz CT molecular complexity index is 312. The average Bonchev–Trinajstić information content (AvgIpc) is 2.21. The molecule has 0 radical (unpaired) electrons. The molecule has 0 aliphatic rings. The zero-order valence-electron chi connectivity index (χ0n) is 9.50. The molecular weight excluding hydrogens is 330 g/mol. The topological polar surface area (TPSA) is 0 Å². The second kappa shape index (κ2) is 13.7.